The van der Waals surface area contributed by atoms with E-state index in [1.165, 1.54) is 16.6 Å². The molecule has 4 N–H and O–H groups in total. The van der Waals surface area contributed by atoms with Gasteiger partial charge in [0.25, 0.3) is 5.56 Å². The van der Waals surface area contributed by atoms with Crippen LogP contribution in [0.1, 0.15) is 64.4 Å². The van der Waals surface area contributed by atoms with Gasteiger partial charge in [-0.15, -0.1) is 0 Å². The Kier molecular flexibility index (Phi) is 9.13. The van der Waals surface area contributed by atoms with Crippen molar-refractivity contribution in [1.82, 2.24) is 14.9 Å². The number of nitrogens with two attached hydrogens (primary N) is 1. The van der Waals surface area contributed by atoms with Gasteiger partial charge in [-0.3, -0.25) is 19.1 Å². The van der Waals surface area contributed by atoms with E-state index in [1.54, 1.807) is 4.90 Å². The third-order valence-corrected chi connectivity index (χ3v) is 6.27. The number of carbonyl (C=O) groups is 1. The minimum atomic E-state index is -0.571. The van der Waals surface area contributed by atoms with E-state index >= 15 is 0 Å². The number of amides is 1. The van der Waals surface area contributed by atoms with Gasteiger partial charge in [-0.1, -0.05) is 55.3 Å². The number of nitrogen functional groups attached to an aromatic ring is 1. The van der Waals surface area contributed by atoms with Crippen LogP contribution in [0.4, 0.5) is 11.5 Å². The minimum Gasteiger partial charge on any atom is -0.383 e. The number of nitrogens with one attached hydrogen (secondary N) is 2. The second-order valence-corrected chi connectivity index (χ2v) is 9.10. The number of aromatic amines is 1. The van der Waals surface area contributed by atoms with Gasteiger partial charge in [0, 0.05) is 12.6 Å². The maximum atomic E-state index is 12.9. The van der Waals surface area contributed by atoms with Crippen LogP contribution in [0.25, 0.3) is 0 Å². The van der Waals surface area contributed by atoms with E-state index in [0.717, 1.165) is 44.1 Å². The Bertz CT molecular complexity index is 1100. The number of benzene rings is 1. The molecule has 1 heterocycles. The fraction of sp³-hybridized carbons (Fsp3) is 0.500. The number of anilines is 2. The highest BCUT2D eigenvalue weighted by molar-refractivity contribution is 5.82. The van der Waals surface area contributed by atoms with Crippen LogP contribution < -0.4 is 27.2 Å². The molecule has 1 aliphatic rings. The standard InChI is InChI=1S/C26H37N5O3/c1-3-10-19(2)28-22(32)18-30(16-15-20-11-6-4-7-12-20)23-24(27)31(26(34)29-25(23)33)17-21-13-8-5-9-14-21/h5,8-9,11,13-14,19H,3-4,6-7,10,12,15-18,27H2,1-2H3,(H,28,32)(H,29,33,34). The third kappa shape index (κ3) is 6.85. The number of carbonyl (C=O) groups excluding carboxylic acids is 1. The number of hydrogen-bond acceptors (Lipinski definition) is 5. The Hall–Kier alpha value is -3.29. The van der Waals surface area contributed by atoms with E-state index in [4.69, 9.17) is 5.73 Å². The van der Waals surface area contributed by atoms with E-state index < -0.39 is 11.2 Å². The highest BCUT2D eigenvalue weighted by Gasteiger charge is 2.22. The van der Waals surface area contributed by atoms with Gasteiger partial charge in [-0.25, -0.2) is 4.79 Å². The molecular weight excluding hydrogens is 430 g/mol. The van der Waals surface area contributed by atoms with Crippen LogP contribution in [0.5, 0.6) is 0 Å². The van der Waals surface area contributed by atoms with Gasteiger partial charge >= 0.3 is 5.69 Å². The maximum absolute atomic E-state index is 12.9. The van der Waals surface area contributed by atoms with Gasteiger partial charge < -0.3 is 16.0 Å². The smallest absolute Gasteiger partial charge is 0.330 e. The molecule has 3 rings (SSSR count). The van der Waals surface area contributed by atoms with E-state index in [0.29, 0.717) is 6.54 Å². The molecule has 1 aliphatic carbocycles. The van der Waals surface area contributed by atoms with Crippen molar-refractivity contribution in [1.29, 1.82) is 0 Å². The fourth-order valence-electron chi connectivity index (χ4n) is 4.49. The molecule has 0 saturated carbocycles. The van der Waals surface area contributed by atoms with Crippen molar-refractivity contribution >= 4 is 17.4 Å². The monoisotopic (exact) mass is 467 g/mol. The van der Waals surface area contributed by atoms with Crippen molar-refractivity contribution in [3.63, 3.8) is 0 Å². The van der Waals surface area contributed by atoms with Crippen molar-refractivity contribution in [3.8, 4) is 0 Å². The Morgan fingerprint density at radius 3 is 2.68 bits per heavy atom. The SMILES string of the molecule is CCCC(C)NC(=O)CN(CCC1=CCCCC1)c1c(N)n(Cc2ccccc2)c(=O)[nH]c1=O. The lowest BCUT2D eigenvalue weighted by atomic mass is 9.97. The second kappa shape index (κ2) is 12.3. The van der Waals surface area contributed by atoms with Crippen LogP contribution in [-0.4, -0.2) is 34.6 Å². The zero-order valence-corrected chi connectivity index (χ0v) is 20.3. The lowest BCUT2D eigenvalue weighted by Gasteiger charge is -2.27. The highest BCUT2D eigenvalue weighted by atomic mass is 16.2. The van der Waals surface area contributed by atoms with Crippen molar-refractivity contribution in [2.45, 2.75) is 71.4 Å². The number of aromatic nitrogens is 2. The molecule has 1 aromatic heterocycles. The third-order valence-electron chi connectivity index (χ3n) is 6.27. The second-order valence-electron chi connectivity index (χ2n) is 9.10. The molecule has 1 aromatic carbocycles. The first kappa shape index (κ1) is 25.3. The first-order valence-corrected chi connectivity index (χ1v) is 12.3. The van der Waals surface area contributed by atoms with E-state index in [-0.39, 0.29) is 36.5 Å². The summed E-state index contributed by atoms with van der Waals surface area (Å²) in [6, 6.07) is 9.50. The number of H-pyrrole nitrogens is 1. The Morgan fingerprint density at radius 1 is 1.24 bits per heavy atom. The summed E-state index contributed by atoms with van der Waals surface area (Å²) in [6.07, 6.45) is 9.30. The maximum Gasteiger partial charge on any atom is 0.330 e. The van der Waals surface area contributed by atoms with Crippen molar-refractivity contribution < 1.29 is 4.79 Å². The molecule has 0 fully saturated rings. The number of allylic oxidation sites excluding steroid dienone is 1. The number of nitrogens with zero attached hydrogens (tertiary/aromatic N) is 2. The van der Waals surface area contributed by atoms with E-state index in [9.17, 15) is 14.4 Å². The first-order valence-electron chi connectivity index (χ1n) is 12.3. The molecule has 34 heavy (non-hydrogen) atoms. The molecule has 0 spiro atoms. The molecule has 184 valence electrons. The molecule has 0 radical (unpaired) electrons. The zero-order valence-electron chi connectivity index (χ0n) is 20.3. The van der Waals surface area contributed by atoms with Crippen LogP contribution in [0.3, 0.4) is 0 Å². The fourth-order valence-corrected chi connectivity index (χ4v) is 4.49. The molecule has 0 aliphatic heterocycles. The Balaban J connectivity index is 1.91. The van der Waals surface area contributed by atoms with Crippen molar-refractivity contribution in [3.05, 3.63) is 68.4 Å². The molecule has 1 amide bonds. The summed E-state index contributed by atoms with van der Waals surface area (Å²) >= 11 is 0. The van der Waals surface area contributed by atoms with Gasteiger partial charge in [0.05, 0.1) is 13.1 Å². The van der Waals surface area contributed by atoms with Gasteiger partial charge in [0.1, 0.15) is 11.5 Å². The first-order chi connectivity index (χ1) is 16.4. The lowest BCUT2D eigenvalue weighted by Crippen LogP contribution is -2.45. The quantitative estimate of drug-likeness (QED) is 0.439. The van der Waals surface area contributed by atoms with Crippen LogP contribution >= 0.6 is 0 Å². The Morgan fingerprint density at radius 2 is 2.00 bits per heavy atom. The topological polar surface area (TPSA) is 113 Å². The summed E-state index contributed by atoms with van der Waals surface area (Å²) in [6.45, 7) is 4.74. The minimum absolute atomic E-state index is 0.00183. The Labute approximate surface area is 200 Å². The summed E-state index contributed by atoms with van der Waals surface area (Å²) in [5, 5.41) is 3.01. The van der Waals surface area contributed by atoms with Crippen LogP contribution in [0.2, 0.25) is 0 Å². The summed E-state index contributed by atoms with van der Waals surface area (Å²) in [7, 11) is 0. The summed E-state index contributed by atoms with van der Waals surface area (Å²) in [5.74, 6) is -0.0946. The molecule has 1 unspecified atom stereocenters. The van der Waals surface area contributed by atoms with Crippen LogP contribution in [-0.2, 0) is 11.3 Å². The molecule has 8 heteroatoms. The number of rotatable bonds is 11. The molecule has 0 saturated heterocycles. The molecule has 8 nitrogen and oxygen atoms in total. The number of hydrogen-bond donors (Lipinski definition) is 3. The van der Waals surface area contributed by atoms with Crippen molar-refractivity contribution in [2.24, 2.45) is 0 Å². The molecule has 2 aromatic rings. The van der Waals surface area contributed by atoms with Crippen LogP contribution in [0.15, 0.2) is 51.6 Å². The zero-order chi connectivity index (χ0) is 24.5. The summed E-state index contributed by atoms with van der Waals surface area (Å²) in [5.41, 5.74) is 7.68. The van der Waals surface area contributed by atoms with E-state index in [1.807, 2.05) is 37.3 Å². The lowest BCUT2D eigenvalue weighted by molar-refractivity contribution is -0.120. The van der Waals surface area contributed by atoms with Gasteiger partial charge in [-0.2, -0.15) is 0 Å². The van der Waals surface area contributed by atoms with Crippen molar-refractivity contribution in [2.75, 3.05) is 23.7 Å². The largest absolute Gasteiger partial charge is 0.383 e. The average molecular weight is 468 g/mol. The highest BCUT2D eigenvalue weighted by Crippen LogP contribution is 2.23. The summed E-state index contributed by atoms with van der Waals surface area (Å²) < 4.78 is 1.36. The predicted molar refractivity (Wildman–Crippen MR) is 137 cm³/mol. The van der Waals surface area contributed by atoms with Gasteiger partial charge in [-0.05, 0) is 51.0 Å². The molecule has 0 bridgehead atoms. The molecular formula is C26H37N5O3. The van der Waals surface area contributed by atoms with Gasteiger partial charge in [0.15, 0.2) is 0 Å². The van der Waals surface area contributed by atoms with Crippen LogP contribution in [0, 0.1) is 0 Å². The molecule has 1 atom stereocenters. The normalized spacial score (nSPS) is 14.4. The van der Waals surface area contributed by atoms with Gasteiger partial charge in [0.2, 0.25) is 5.91 Å². The van der Waals surface area contributed by atoms with E-state index in [2.05, 4.69) is 23.3 Å². The average Bonchev–Trinajstić information content (AvgIpc) is 2.81. The predicted octanol–water partition coefficient (Wildman–Crippen LogP) is 3.17. The summed E-state index contributed by atoms with van der Waals surface area (Å²) in [4.78, 5) is 42.5.